The van der Waals surface area contributed by atoms with E-state index in [9.17, 15) is 9.18 Å². The summed E-state index contributed by atoms with van der Waals surface area (Å²) in [7, 11) is 0. The number of hydrogen-bond acceptors (Lipinski definition) is 6. The first-order valence-corrected chi connectivity index (χ1v) is 9.87. The van der Waals surface area contributed by atoms with Gasteiger partial charge in [-0.05, 0) is 49.2 Å². The number of benzene rings is 2. The molecule has 0 aliphatic carbocycles. The van der Waals surface area contributed by atoms with Crippen LogP contribution in [0.4, 0.5) is 4.39 Å². The summed E-state index contributed by atoms with van der Waals surface area (Å²) in [4.78, 5) is 12.1. The molecule has 0 atom stereocenters. The number of halogens is 1. The quantitative estimate of drug-likeness (QED) is 0.439. The Kier molecular flexibility index (Phi) is 7.68. The molecule has 3 rings (SSSR count). The van der Waals surface area contributed by atoms with Crippen molar-refractivity contribution in [3.8, 4) is 17.2 Å². The summed E-state index contributed by atoms with van der Waals surface area (Å²) < 4.78 is 40.9. The number of carbonyl (C=O) groups excluding carboxylic acids is 1. The van der Waals surface area contributed by atoms with E-state index < -0.39 is 11.8 Å². The van der Waals surface area contributed by atoms with E-state index in [1.54, 1.807) is 12.1 Å². The Hall–Kier alpha value is -3.06. The van der Waals surface area contributed by atoms with Crippen LogP contribution >= 0.6 is 0 Å². The first kappa shape index (κ1) is 21.6. The molecule has 2 aromatic carbocycles. The van der Waals surface area contributed by atoms with E-state index >= 15 is 0 Å². The Balaban J connectivity index is 1.64. The number of hydrogen-bond donors (Lipinski definition) is 0. The summed E-state index contributed by atoms with van der Waals surface area (Å²) in [6.07, 6.45) is 3.83. The standard InChI is InChI=1S/C23H25FO6/c1-3-9-28-20-7-5-16(10-21(20)27-4-2)6-8-22(25)29-14-18-12-19(24)11-17-13-26-15-30-23(17)18/h5-8,10-12H,3-4,9,13-15H2,1-2H3. The van der Waals surface area contributed by atoms with Crippen molar-refractivity contribution in [3.63, 3.8) is 0 Å². The van der Waals surface area contributed by atoms with Crippen LogP contribution in [0, 0.1) is 5.82 Å². The predicted octanol–water partition coefficient (Wildman–Crippen LogP) is 4.64. The fourth-order valence-corrected chi connectivity index (χ4v) is 2.95. The van der Waals surface area contributed by atoms with Gasteiger partial charge in [0.05, 0.1) is 19.8 Å². The molecule has 0 N–H and O–H groups in total. The average molecular weight is 416 g/mol. The monoisotopic (exact) mass is 416 g/mol. The van der Waals surface area contributed by atoms with Crippen molar-refractivity contribution in [1.82, 2.24) is 0 Å². The maximum atomic E-state index is 13.8. The van der Waals surface area contributed by atoms with E-state index in [1.807, 2.05) is 26.0 Å². The van der Waals surface area contributed by atoms with E-state index in [4.69, 9.17) is 23.7 Å². The molecule has 0 saturated carbocycles. The molecule has 0 bridgehead atoms. The van der Waals surface area contributed by atoms with Gasteiger partial charge >= 0.3 is 5.97 Å². The van der Waals surface area contributed by atoms with Crippen LogP contribution in [-0.4, -0.2) is 26.0 Å². The highest BCUT2D eigenvalue weighted by Gasteiger charge is 2.17. The molecule has 0 amide bonds. The second-order valence-electron chi connectivity index (χ2n) is 6.59. The lowest BCUT2D eigenvalue weighted by molar-refractivity contribution is -0.139. The average Bonchev–Trinajstić information content (AvgIpc) is 2.75. The summed E-state index contributed by atoms with van der Waals surface area (Å²) in [5, 5.41) is 0. The zero-order valence-corrected chi connectivity index (χ0v) is 17.1. The van der Waals surface area contributed by atoms with Gasteiger partial charge in [-0.25, -0.2) is 9.18 Å². The highest BCUT2D eigenvalue weighted by atomic mass is 19.1. The Morgan fingerprint density at radius 1 is 1.17 bits per heavy atom. The van der Waals surface area contributed by atoms with Crippen molar-refractivity contribution < 1.29 is 32.9 Å². The van der Waals surface area contributed by atoms with Gasteiger partial charge in [-0.1, -0.05) is 13.0 Å². The van der Waals surface area contributed by atoms with Gasteiger partial charge in [-0.2, -0.15) is 0 Å². The third kappa shape index (κ3) is 5.73. The van der Waals surface area contributed by atoms with Crippen LogP contribution in [0.5, 0.6) is 17.2 Å². The topological polar surface area (TPSA) is 63.2 Å². The summed E-state index contributed by atoms with van der Waals surface area (Å²) in [6.45, 7) is 5.27. The van der Waals surface area contributed by atoms with Gasteiger partial charge in [0.25, 0.3) is 0 Å². The maximum absolute atomic E-state index is 13.8. The molecule has 1 aliphatic heterocycles. The van der Waals surface area contributed by atoms with Crippen molar-refractivity contribution in [1.29, 1.82) is 0 Å². The summed E-state index contributed by atoms with van der Waals surface area (Å²) >= 11 is 0. The molecule has 1 heterocycles. The second kappa shape index (κ2) is 10.6. The lowest BCUT2D eigenvalue weighted by atomic mass is 10.1. The number of rotatable bonds is 9. The lowest BCUT2D eigenvalue weighted by Gasteiger charge is -2.20. The molecule has 0 unspecified atom stereocenters. The number of carbonyl (C=O) groups is 1. The van der Waals surface area contributed by atoms with Gasteiger partial charge in [0, 0.05) is 17.2 Å². The molecule has 0 radical (unpaired) electrons. The molecule has 7 heteroatoms. The van der Waals surface area contributed by atoms with Gasteiger partial charge in [-0.3, -0.25) is 0 Å². The van der Waals surface area contributed by atoms with Crippen molar-refractivity contribution in [3.05, 3.63) is 58.9 Å². The van der Waals surface area contributed by atoms with Crippen LogP contribution in [0.3, 0.4) is 0 Å². The molecule has 0 fully saturated rings. The van der Waals surface area contributed by atoms with Crippen LogP contribution in [0.15, 0.2) is 36.4 Å². The van der Waals surface area contributed by atoms with E-state index in [-0.39, 0.29) is 20.0 Å². The van der Waals surface area contributed by atoms with E-state index in [0.717, 1.165) is 12.0 Å². The first-order chi connectivity index (χ1) is 14.6. The SMILES string of the molecule is CCCOc1ccc(C=CC(=O)OCc2cc(F)cc3c2OCOC3)cc1OCC. The van der Waals surface area contributed by atoms with Gasteiger partial charge in [0.1, 0.15) is 18.2 Å². The Morgan fingerprint density at radius 3 is 2.83 bits per heavy atom. The minimum Gasteiger partial charge on any atom is -0.490 e. The van der Waals surface area contributed by atoms with Gasteiger partial charge < -0.3 is 23.7 Å². The molecule has 0 saturated heterocycles. The molecule has 160 valence electrons. The third-order valence-corrected chi connectivity index (χ3v) is 4.26. The van der Waals surface area contributed by atoms with Crippen LogP contribution < -0.4 is 14.2 Å². The fraction of sp³-hybridized carbons (Fsp3) is 0.348. The van der Waals surface area contributed by atoms with Crippen LogP contribution in [0.2, 0.25) is 0 Å². The zero-order chi connectivity index (χ0) is 21.3. The smallest absolute Gasteiger partial charge is 0.331 e. The molecular formula is C23H25FO6. The largest absolute Gasteiger partial charge is 0.490 e. The fourth-order valence-electron chi connectivity index (χ4n) is 2.95. The first-order valence-electron chi connectivity index (χ1n) is 9.87. The predicted molar refractivity (Wildman–Crippen MR) is 109 cm³/mol. The van der Waals surface area contributed by atoms with Crippen molar-refractivity contribution in [2.24, 2.45) is 0 Å². The Labute approximate surface area is 175 Å². The molecular weight excluding hydrogens is 391 g/mol. The molecule has 6 nitrogen and oxygen atoms in total. The Bertz CT molecular complexity index is 909. The van der Waals surface area contributed by atoms with Crippen LogP contribution in [0.1, 0.15) is 37.0 Å². The summed E-state index contributed by atoms with van der Waals surface area (Å²) in [5.74, 6) is 0.802. The van der Waals surface area contributed by atoms with Crippen molar-refractivity contribution in [2.75, 3.05) is 20.0 Å². The number of esters is 1. The van der Waals surface area contributed by atoms with Gasteiger partial charge in [0.15, 0.2) is 18.3 Å². The highest BCUT2D eigenvalue weighted by Crippen LogP contribution is 2.31. The van der Waals surface area contributed by atoms with Gasteiger partial charge in [-0.15, -0.1) is 0 Å². The molecule has 0 aromatic heterocycles. The highest BCUT2D eigenvalue weighted by molar-refractivity contribution is 5.87. The van der Waals surface area contributed by atoms with E-state index in [1.165, 1.54) is 18.2 Å². The molecule has 0 spiro atoms. The van der Waals surface area contributed by atoms with Crippen molar-refractivity contribution >= 4 is 12.0 Å². The number of fused-ring (bicyclic) bond motifs is 1. The third-order valence-electron chi connectivity index (χ3n) is 4.26. The second-order valence-corrected chi connectivity index (χ2v) is 6.59. The molecule has 30 heavy (non-hydrogen) atoms. The Morgan fingerprint density at radius 2 is 2.03 bits per heavy atom. The lowest BCUT2D eigenvalue weighted by Crippen LogP contribution is -2.14. The normalized spacial score (nSPS) is 12.9. The zero-order valence-electron chi connectivity index (χ0n) is 17.1. The van der Waals surface area contributed by atoms with Crippen LogP contribution in [0.25, 0.3) is 6.08 Å². The van der Waals surface area contributed by atoms with Crippen molar-refractivity contribution in [2.45, 2.75) is 33.5 Å². The number of ether oxygens (including phenoxy) is 5. The summed E-state index contributed by atoms with van der Waals surface area (Å²) in [6, 6.07) is 8.08. The van der Waals surface area contributed by atoms with E-state index in [0.29, 0.717) is 41.6 Å². The minimum atomic E-state index is -0.552. The summed E-state index contributed by atoms with van der Waals surface area (Å²) in [5.41, 5.74) is 1.82. The molecule has 1 aliphatic rings. The molecule has 2 aromatic rings. The maximum Gasteiger partial charge on any atom is 0.331 e. The minimum absolute atomic E-state index is 0.0829. The van der Waals surface area contributed by atoms with E-state index in [2.05, 4.69) is 0 Å². The van der Waals surface area contributed by atoms with Crippen LogP contribution in [-0.2, 0) is 27.5 Å². The van der Waals surface area contributed by atoms with Gasteiger partial charge in [0.2, 0.25) is 0 Å².